The van der Waals surface area contributed by atoms with Crippen LogP contribution in [-0.4, -0.2) is 12.6 Å². The Balaban J connectivity index is 1.50. The summed E-state index contributed by atoms with van der Waals surface area (Å²) in [5.74, 6) is 2.62. The van der Waals surface area contributed by atoms with E-state index in [4.69, 9.17) is 9.47 Å². The number of nitrogens with zero attached hydrogens (tertiary/aromatic N) is 2. The molecule has 1 fully saturated rings. The first-order chi connectivity index (χ1) is 20.5. The Hall–Kier alpha value is -3.31. The van der Waals surface area contributed by atoms with E-state index < -0.39 is 5.97 Å². The van der Waals surface area contributed by atoms with Crippen molar-refractivity contribution in [2.45, 2.75) is 117 Å². The highest BCUT2D eigenvalue weighted by Crippen LogP contribution is 2.35. The monoisotopic (exact) mass is 570 g/mol. The van der Waals surface area contributed by atoms with Gasteiger partial charge in [-0.25, -0.2) is 4.79 Å². The molecule has 0 radical (unpaired) electrons. The van der Waals surface area contributed by atoms with Crippen LogP contribution in [0.1, 0.15) is 138 Å². The van der Waals surface area contributed by atoms with Crippen molar-refractivity contribution in [2.75, 3.05) is 6.61 Å². The number of hydrogen-bond acceptors (Lipinski definition) is 5. The zero-order valence-corrected chi connectivity index (χ0v) is 26.1. The lowest BCUT2D eigenvalue weighted by Crippen LogP contribution is -2.15. The standard InChI is InChI=1S/C37H50N2O3/c1-4-6-8-12-29-13-15-30(16-14-29)17-18-31-21-24-36(35(27-39)34(31)26-38)42-37(40)32-19-22-33(23-20-32)41-25-10-7-9-11-28(3)5-2/h19-24,28-30H,4-18,25H2,1-3H3/t28-,29?,30?/m0/s1. The lowest BCUT2D eigenvalue weighted by molar-refractivity contribution is 0.0734. The van der Waals surface area contributed by atoms with E-state index in [-0.39, 0.29) is 11.3 Å². The summed E-state index contributed by atoms with van der Waals surface area (Å²) in [6.45, 7) is 7.44. The second kappa shape index (κ2) is 18.3. The molecule has 5 heteroatoms. The molecule has 0 unspecified atom stereocenters. The predicted molar refractivity (Wildman–Crippen MR) is 169 cm³/mol. The van der Waals surface area contributed by atoms with Crippen LogP contribution < -0.4 is 9.47 Å². The van der Waals surface area contributed by atoms with E-state index in [1.807, 2.05) is 6.07 Å². The van der Waals surface area contributed by atoms with Crippen LogP contribution in [0.4, 0.5) is 0 Å². The summed E-state index contributed by atoms with van der Waals surface area (Å²) in [6.07, 6.45) is 18.1. The molecule has 1 aliphatic carbocycles. The van der Waals surface area contributed by atoms with Gasteiger partial charge in [0.1, 0.15) is 29.2 Å². The Morgan fingerprint density at radius 2 is 1.55 bits per heavy atom. The molecule has 0 aromatic heterocycles. The number of ether oxygens (including phenoxy) is 2. The van der Waals surface area contributed by atoms with Crippen molar-refractivity contribution < 1.29 is 14.3 Å². The molecule has 0 bridgehead atoms. The molecule has 0 N–H and O–H groups in total. The molecule has 0 aliphatic heterocycles. The smallest absolute Gasteiger partial charge is 0.343 e. The molecular formula is C37H50N2O3. The number of nitriles is 2. The van der Waals surface area contributed by atoms with Crippen molar-refractivity contribution in [2.24, 2.45) is 17.8 Å². The molecule has 0 spiro atoms. The minimum atomic E-state index is -0.560. The van der Waals surface area contributed by atoms with Gasteiger partial charge in [-0.05, 0) is 72.9 Å². The number of unbranched alkanes of at least 4 members (excludes halogenated alkanes) is 4. The normalized spacial score (nSPS) is 17.2. The Morgan fingerprint density at radius 1 is 0.857 bits per heavy atom. The number of hydrogen-bond donors (Lipinski definition) is 0. The SMILES string of the molecule is CCCCCC1CCC(CCc2ccc(OC(=O)c3ccc(OCCCCC[C@@H](C)CC)cc3)c(C#N)c2C#N)CC1. The van der Waals surface area contributed by atoms with Gasteiger partial charge in [0, 0.05) is 0 Å². The van der Waals surface area contributed by atoms with Gasteiger partial charge in [-0.15, -0.1) is 0 Å². The average molecular weight is 571 g/mol. The number of esters is 1. The van der Waals surface area contributed by atoms with Crippen molar-refractivity contribution in [1.29, 1.82) is 10.5 Å². The van der Waals surface area contributed by atoms with Gasteiger partial charge in [-0.3, -0.25) is 0 Å². The third-order valence-corrected chi connectivity index (χ3v) is 9.08. The number of rotatable bonds is 17. The zero-order chi connectivity index (χ0) is 30.2. The number of aryl methyl sites for hydroxylation is 1. The molecule has 2 aromatic rings. The maximum Gasteiger partial charge on any atom is 0.343 e. The van der Waals surface area contributed by atoms with Gasteiger partial charge in [0.15, 0.2) is 0 Å². The molecule has 226 valence electrons. The summed E-state index contributed by atoms with van der Waals surface area (Å²) in [5.41, 5.74) is 1.69. The second-order valence-corrected chi connectivity index (χ2v) is 12.2. The Labute approximate surface area is 254 Å². The van der Waals surface area contributed by atoms with Crippen molar-refractivity contribution >= 4 is 5.97 Å². The fraction of sp³-hybridized carbons (Fsp3) is 0.595. The molecule has 1 atom stereocenters. The molecule has 0 saturated heterocycles. The first-order valence-corrected chi connectivity index (χ1v) is 16.4. The van der Waals surface area contributed by atoms with Crippen LogP contribution in [0.15, 0.2) is 36.4 Å². The summed E-state index contributed by atoms with van der Waals surface area (Å²) in [4.78, 5) is 12.9. The van der Waals surface area contributed by atoms with E-state index >= 15 is 0 Å². The maximum atomic E-state index is 12.9. The number of benzene rings is 2. The third kappa shape index (κ3) is 10.5. The highest BCUT2D eigenvalue weighted by molar-refractivity contribution is 5.91. The highest BCUT2D eigenvalue weighted by atomic mass is 16.5. The topological polar surface area (TPSA) is 83.1 Å². The maximum absolute atomic E-state index is 12.9. The molecular weight excluding hydrogens is 520 g/mol. The summed E-state index contributed by atoms with van der Waals surface area (Å²) in [6, 6.07) is 14.7. The Bertz CT molecular complexity index is 1180. The van der Waals surface area contributed by atoms with Crippen LogP contribution in [0.25, 0.3) is 0 Å². The highest BCUT2D eigenvalue weighted by Gasteiger charge is 2.22. The summed E-state index contributed by atoms with van der Waals surface area (Å²) >= 11 is 0. The van der Waals surface area contributed by atoms with Crippen molar-refractivity contribution in [1.82, 2.24) is 0 Å². The second-order valence-electron chi connectivity index (χ2n) is 12.2. The van der Waals surface area contributed by atoms with E-state index in [1.54, 1.807) is 30.3 Å². The van der Waals surface area contributed by atoms with Crippen LogP contribution in [0.2, 0.25) is 0 Å². The lowest BCUT2D eigenvalue weighted by Gasteiger charge is -2.28. The summed E-state index contributed by atoms with van der Waals surface area (Å²) in [5, 5.41) is 19.8. The fourth-order valence-corrected chi connectivity index (χ4v) is 6.02. The van der Waals surface area contributed by atoms with Crippen LogP contribution in [0, 0.1) is 40.4 Å². The molecule has 1 saturated carbocycles. The minimum Gasteiger partial charge on any atom is -0.494 e. The lowest BCUT2D eigenvalue weighted by atomic mass is 9.77. The van der Waals surface area contributed by atoms with Crippen molar-refractivity contribution in [3.8, 4) is 23.6 Å². The molecule has 5 nitrogen and oxygen atoms in total. The Morgan fingerprint density at radius 3 is 2.19 bits per heavy atom. The molecule has 0 amide bonds. The van der Waals surface area contributed by atoms with Crippen LogP contribution >= 0.6 is 0 Å². The largest absolute Gasteiger partial charge is 0.494 e. The minimum absolute atomic E-state index is 0.133. The summed E-state index contributed by atoms with van der Waals surface area (Å²) < 4.78 is 11.4. The van der Waals surface area contributed by atoms with Gasteiger partial charge in [0.2, 0.25) is 0 Å². The zero-order valence-electron chi connectivity index (χ0n) is 26.1. The van der Waals surface area contributed by atoms with Crippen LogP contribution in [0.3, 0.4) is 0 Å². The molecule has 2 aromatic carbocycles. The van der Waals surface area contributed by atoms with E-state index in [0.29, 0.717) is 29.4 Å². The molecule has 1 aliphatic rings. The van der Waals surface area contributed by atoms with Crippen LogP contribution in [0.5, 0.6) is 11.5 Å². The third-order valence-electron chi connectivity index (χ3n) is 9.08. The first kappa shape index (κ1) is 33.2. The van der Waals surface area contributed by atoms with Crippen LogP contribution in [-0.2, 0) is 6.42 Å². The van der Waals surface area contributed by atoms with Gasteiger partial charge in [-0.1, -0.05) is 104 Å². The fourth-order valence-electron chi connectivity index (χ4n) is 6.02. The van der Waals surface area contributed by atoms with Gasteiger partial charge < -0.3 is 9.47 Å². The van der Waals surface area contributed by atoms with Gasteiger partial charge in [-0.2, -0.15) is 10.5 Å². The molecule has 42 heavy (non-hydrogen) atoms. The van der Waals surface area contributed by atoms with E-state index in [9.17, 15) is 15.3 Å². The number of carbonyl (C=O) groups excluding carboxylic acids is 1. The van der Waals surface area contributed by atoms with E-state index in [2.05, 4.69) is 32.9 Å². The van der Waals surface area contributed by atoms with Crippen molar-refractivity contribution in [3.05, 3.63) is 58.7 Å². The van der Waals surface area contributed by atoms with E-state index in [0.717, 1.165) is 43.1 Å². The summed E-state index contributed by atoms with van der Waals surface area (Å²) in [7, 11) is 0. The van der Waals surface area contributed by atoms with Crippen molar-refractivity contribution in [3.63, 3.8) is 0 Å². The first-order valence-electron chi connectivity index (χ1n) is 16.4. The quantitative estimate of drug-likeness (QED) is 0.107. The number of carbonyl (C=O) groups is 1. The van der Waals surface area contributed by atoms with E-state index in [1.165, 1.54) is 70.6 Å². The molecule has 3 rings (SSSR count). The van der Waals surface area contributed by atoms with Gasteiger partial charge >= 0.3 is 5.97 Å². The molecule has 0 heterocycles. The predicted octanol–water partition coefficient (Wildman–Crippen LogP) is 9.95. The van der Waals surface area contributed by atoms with Gasteiger partial charge in [0.25, 0.3) is 0 Å². The Kier molecular flexibility index (Phi) is 14.4. The van der Waals surface area contributed by atoms with Gasteiger partial charge in [0.05, 0.1) is 17.7 Å². The average Bonchev–Trinajstić information content (AvgIpc) is 3.02.